The Morgan fingerprint density at radius 3 is 2.30 bits per heavy atom. The van der Waals surface area contributed by atoms with Crippen LogP contribution in [-0.4, -0.2) is 30.4 Å². The Labute approximate surface area is 141 Å². The van der Waals surface area contributed by atoms with E-state index < -0.39 is 0 Å². The molecule has 0 saturated carbocycles. The van der Waals surface area contributed by atoms with Crippen molar-refractivity contribution in [2.24, 2.45) is 22.1 Å². The van der Waals surface area contributed by atoms with Crippen molar-refractivity contribution in [2.45, 2.75) is 48.0 Å². The summed E-state index contributed by atoms with van der Waals surface area (Å²) in [5, 5.41) is 3.25. The van der Waals surface area contributed by atoms with Crippen molar-refractivity contribution >= 4 is 11.5 Å². The largest absolute Gasteiger partial charge is 0.385 e. The Morgan fingerprint density at radius 2 is 1.87 bits per heavy atom. The van der Waals surface area contributed by atoms with Gasteiger partial charge in [0.2, 0.25) is 0 Å². The molecule has 3 N–H and O–H groups in total. The third-order valence-electron chi connectivity index (χ3n) is 4.17. The second-order valence-corrected chi connectivity index (χ2v) is 7.33. The SMILES string of the molecule is CCC(CN=C(/C=C(\N)n1c(C)ccc1C)C(C)(C)C)CNC. The molecule has 0 amide bonds. The maximum Gasteiger partial charge on any atom is 0.109 e. The fourth-order valence-electron chi connectivity index (χ4n) is 2.63. The first-order valence-electron chi connectivity index (χ1n) is 8.52. The van der Waals surface area contributed by atoms with Gasteiger partial charge < -0.3 is 15.6 Å². The van der Waals surface area contributed by atoms with Crippen LogP contribution >= 0.6 is 0 Å². The van der Waals surface area contributed by atoms with Gasteiger partial charge in [-0.05, 0) is 45.5 Å². The second-order valence-electron chi connectivity index (χ2n) is 7.33. The summed E-state index contributed by atoms with van der Waals surface area (Å²) in [6, 6.07) is 4.17. The van der Waals surface area contributed by atoms with Gasteiger partial charge in [-0.25, -0.2) is 0 Å². The zero-order chi connectivity index (χ0) is 17.6. The predicted octanol–water partition coefficient (Wildman–Crippen LogP) is 3.59. The Kier molecular flexibility index (Phi) is 7.07. The molecule has 0 fully saturated rings. The summed E-state index contributed by atoms with van der Waals surface area (Å²) < 4.78 is 2.08. The average molecular weight is 319 g/mol. The fourth-order valence-corrected chi connectivity index (χ4v) is 2.63. The lowest BCUT2D eigenvalue weighted by atomic mass is 9.89. The number of rotatable bonds is 7. The Balaban J connectivity index is 3.10. The number of nitrogens with two attached hydrogens (primary N) is 1. The number of aromatic nitrogens is 1. The van der Waals surface area contributed by atoms with Gasteiger partial charge in [-0.2, -0.15) is 0 Å². The number of allylic oxidation sites excluding steroid dienone is 1. The minimum atomic E-state index is -0.0302. The Bertz CT molecular complexity index is 539. The summed E-state index contributed by atoms with van der Waals surface area (Å²) in [6.45, 7) is 14.7. The molecule has 0 bridgehead atoms. The highest BCUT2D eigenvalue weighted by atomic mass is 15.1. The molecule has 1 atom stereocenters. The van der Waals surface area contributed by atoms with Gasteiger partial charge in [0.15, 0.2) is 0 Å². The molecule has 0 radical (unpaired) electrons. The van der Waals surface area contributed by atoms with Crippen LogP contribution in [0.3, 0.4) is 0 Å². The normalized spacial score (nSPS) is 15.1. The molecule has 0 spiro atoms. The van der Waals surface area contributed by atoms with Crippen molar-refractivity contribution in [2.75, 3.05) is 20.1 Å². The zero-order valence-electron chi connectivity index (χ0n) is 15.9. The van der Waals surface area contributed by atoms with Crippen molar-refractivity contribution in [3.05, 3.63) is 29.6 Å². The molecule has 130 valence electrons. The van der Waals surface area contributed by atoms with E-state index in [4.69, 9.17) is 10.7 Å². The molecule has 1 heterocycles. The Hall–Kier alpha value is -1.55. The second kappa shape index (κ2) is 8.34. The van der Waals surface area contributed by atoms with Crippen LogP contribution in [0.25, 0.3) is 5.82 Å². The first kappa shape index (κ1) is 19.5. The van der Waals surface area contributed by atoms with Crippen molar-refractivity contribution in [3.63, 3.8) is 0 Å². The highest BCUT2D eigenvalue weighted by Gasteiger charge is 2.19. The van der Waals surface area contributed by atoms with Crippen LogP contribution in [0, 0.1) is 25.2 Å². The molecule has 4 heteroatoms. The van der Waals surface area contributed by atoms with E-state index in [-0.39, 0.29) is 5.41 Å². The van der Waals surface area contributed by atoms with Crippen LogP contribution in [0.1, 0.15) is 45.5 Å². The van der Waals surface area contributed by atoms with Crippen molar-refractivity contribution < 1.29 is 0 Å². The topological polar surface area (TPSA) is 55.3 Å². The van der Waals surface area contributed by atoms with E-state index in [2.05, 4.69) is 63.6 Å². The lowest BCUT2D eigenvalue weighted by Gasteiger charge is -2.22. The van der Waals surface area contributed by atoms with Crippen LogP contribution in [0.4, 0.5) is 0 Å². The van der Waals surface area contributed by atoms with Gasteiger partial charge in [-0.15, -0.1) is 0 Å². The van der Waals surface area contributed by atoms with E-state index in [1.165, 1.54) is 0 Å². The fraction of sp³-hybridized carbons (Fsp3) is 0.632. The van der Waals surface area contributed by atoms with E-state index in [1.54, 1.807) is 0 Å². The zero-order valence-corrected chi connectivity index (χ0v) is 15.9. The molecule has 4 nitrogen and oxygen atoms in total. The third-order valence-corrected chi connectivity index (χ3v) is 4.17. The van der Waals surface area contributed by atoms with Gasteiger partial charge in [0.1, 0.15) is 5.82 Å². The highest BCUT2D eigenvalue weighted by Crippen LogP contribution is 2.20. The number of nitrogens with zero attached hydrogens (tertiary/aromatic N) is 2. The quantitative estimate of drug-likeness (QED) is 0.755. The maximum atomic E-state index is 6.37. The summed E-state index contributed by atoms with van der Waals surface area (Å²) in [7, 11) is 1.99. The average Bonchev–Trinajstić information content (AvgIpc) is 2.79. The molecule has 0 aliphatic carbocycles. The molecular weight excluding hydrogens is 284 g/mol. The van der Waals surface area contributed by atoms with Crippen LogP contribution < -0.4 is 11.1 Å². The molecule has 1 rings (SSSR count). The van der Waals surface area contributed by atoms with Gasteiger partial charge in [0.25, 0.3) is 0 Å². The lowest BCUT2D eigenvalue weighted by Crippen LogP contribution is -2.25. The third kappa shape index (κ3) is 5.54. The number of hydrogen-bond acceptors (Lipinski definition) is 3. The summed E-state index contributed by atoms with van der Waals surface area (Å²) in [5.41, 5.74) is 9.68. The van der Waals surface area contributed by atoms with E-state index in [0.29, 0.717) is 5.92 Å². The molecule has 0 aromatic carbocycles. The highest BCUT2D eigenvalue weighted by molar-refractivity contribution is 6.02. The maximum absolute atomic E-state index is 6.37. The first-order chi connectivity index (χ1) is 10.7. The molecule has 1 aromatic rings. The number of nitrogens with one attached hydrogen (secondary N) is 1. The standard InChI is InChI=1S/C19H34N4/c1-8-16(12-21-7)13-22-17(19(4,5)6)11-18(20)23-14(2)9-10-15(23)3/h9-11,16,21H,8,12-13,20H2,1-7H3/b18-11+,22-17?. The van der Waals surface area contributed by atoms with Crippen LogP contribution in [-0.2, 0) is 0 Å². The molecule has 0 saturated heterocycles. The van der Waals surface area contributed by atoms with E-state index in [1.807, 2.05) is 13.1 Å². The molecule has 23 heavy (non-hydrogen) atoms. The van der Waals surface area contributed by atoms with Gasteiger partial charge in [0.05, 0.1) is 0 Å². The smallest absolute Gasteiger partial charge is 0.109 e. The van der Waals surface area contributed by atoms with Crippen LogP contribution in [0.15, 0.2) is 23.2 Å². The summed E-state index contributed by atoms with van der Waals surface area (Å²) >= 11 is 0. The van der Waals surface area contributed by atoms with Gasteiger partial charge in [-0.3, -0.25) is 4.99 Å². The van der Waals surface area contributed by atoms with E-state index in [9.17, 15) is 0 Å². The molecule has 0 aliphatic rings. The summed E-state index contributed by atoms with van der Waals surface area (Å²) in [6.07, 6.45) is 3.16. The monoisotopic (exact) mass is 318 g/mol. The molecule has 0 aliphatic heterocycles. The van der Waals surface area contributed by atoms with Crippen LogP contribution in [0.5, 0.6) is 0 Å². The van der Waals surface area contributed by atoms with Gasteiger partial charge in [-0.1, -0.05) is 34.1 Å². The minimum absolute atomic E-state index is 0.0302. The lowest BCUT2D eigenvalue weighted by molar-refractivity contribution is 0.490. The van der Waals surface area contributed by atoms with Crippen molar-refractivity contribution in [3.8, 4) is 0 Å². The van der Waals surface area contributed by atoms with Gasteiger partial charge in [0, 0.05) is 35.1 Å². The number of aryl methyl sites for hydroxylation is 2. The minimum Gasteiger partial charge on any atom is -0.385 e. The predicted molar refractivity (Wildman–Crippen MR) is 102 cm³/mol. The number of aliphatic imine (C=N–C) groups is 1. The van der Waals surface area contributed by atoms with E-state index in [0.717, 1.165) is 42.4 Å². The summed E-state index contributed by atoms with van der Waals surface area (Å²) in [4.78, 5) is 4.90. The first-order valence-corrected chi connectivity index (χ1v) is 8.52. The number of hydrogen-bond donors (Lipinski definition) is 2. The van der Waals surface area contributed by atoms with Crippen molar-refractivity contribution in [1.82, 2.24) is 9.88 Å². The summed E-state index contributed by atoms with van der Waals surface area (Å²) in [5.74, 6) is 1.29. The molecule has 1 unspecified atom stereocenters. The van der Waals surface area contributed by atoms with E-state index >= 15 is 0 Å². The molecular formula is C19H34N4. The van der Waals surface area contributed by atoms with Crippen molar-refractivity contribution in [1.29, 1.82) is 0 Å². The van der Waals surface area contributed by atoms with Gasteiger partial charge >= 0.3 is 0 Å². The van der Waals surface area contributed by atoms with Crippen LogP contribution in [0.2, 0.25) is 0 Å². The Morgan fingerprint density at radius 1 is 1.30 bits per heavy atom. The molecule has 1 aromatic heterocycles.